The van der Waals surface area contributed by atoms with Crippen molar-refractivity contribution >= 4 is 5.57 Å². The normalized spacial score (nSPS) is 11.4. The Morgan fingerprint density at radius 3 is 2.38 bits per heavy atom. The van der Waals surface area contributed by atoms with Crippen molar-refractivity contribution in [2.45, 2.75) is 27.2 Å². The van der Waals surface area contributed by atoms with Crippen molar-refractivity contribution in [3.8, 4) is 0 Å². The minimum absolute atomic E-state index is 0.404. The van der Waals surface area contributed by atoms with Crippen molar-refractivity contribution in [2.24, 2.45) is 5.41 Å². The van der Waals surface area contributed by atoms with Gasteiger partial charge in [0, 0.05) is 6.54 Å². The number of hydrogen-bond donors (Lipinski definition) is 1. The molecule has 0 spiro atoms. The van der Waals surface area contributed by atoms with Crippen LogP contribution in [0.1, 0.15) is 32.8 Å². The van der Waals surface area contributed by atoms with Crippen LogP contribution in [0.2, 0.25) is 0 Å². The van der Waals surface area contributed by atoms with E-state index in [9.17, 15) is 0 Å². The van der Waals surface area contributed by atoms with E-state index >= 15 is 0 Å². The molecule has 0 heterocycles. The summed E-state index contributed by atoms with van der Waals surface area (Å²) in [5, 5.41) is 3.44. The lowest BCUT2D eigenvalue weighted by molar-refractivity contribution is 0.371. The van der Waals surface area contributed by atoms with Gasteiger partial charge in [0.15, 0.2) is 0 Å². The topological polar surface area (TPSA) is 12.0 Å². The molecule has 0 radical (unpaired) electrons. The smallest absolute Gasteiger partial charge is 0.0205 e. The van der Waals surface area contributed by atoms with Crippen LogP contribution in [0.4, 0.5) is 0 Å². The van der Waals surface area contributed by atoms with E-state index in [-0.39, 0.29) is 0 Å². The van der Waals surface area contributed by atoms with Crippen LogP contribution in [0.5, 0.6) is 0 Å². The van der Waals surface area contributed by atoms with Gasteiger partial charge in [-0.2, -0.15) is 0 Å². The summed E-state index contributed by atoms with van der Waals surface area (Å²) in [7, 11) is 0. The van der Waals surface area contributed by atoms with E-state index < -0.39 is 0 Å². The summed E-state index contributed by atoms with van der Waals surface area (Å²) in [6, 6.07) is 10.3. The van der Waals surface area contributed by atoms with Crippen molar-refractivity contribution < 1.29 is 0 Å². The molecule has 0 saturated heterocycles. The van der Waals surface area contributed by atoms with Crippen LogP contribution in [0.3, 0.4) is 0 Å². The number of nitrogens with one attached hydrogen (secondary N) is 1. The molecule has 1 aromatic carbocycles. The molecular formula is C15H23N. The van der Waals surface area contributed by atoms with Crippen molar-refractivity contribution in [3.63, 3.8) is 0 Å². The molecule has 0 fully saturated rings. The Hall–Kier alpha value is -1.08. The molecule has 16 heavy (non-hydrogen) atoms. The van der Waals surface area contributed by atoms with Gasteiger partial charge in [-0.05, 0) is 29.5 Å². The summed E-state index contributed by atoms with van der Waals surface area (Å²) >= 11 is 0. The summed E-state index contributed by atoms with van der Waals surface area (Å²) in [4.78, 5) is 0. The predicted molar refractivity (Wildman–Crippen MR) is 72.4 cm³/mol. The fourth-order valence-electron chi connectivity index (χ4n) is 1.48. The molecule has 0 aromatic heterocycles. The first kappa shape index (κ1) is 13.0. The number of benzene rings is 1. The van der Waals surface area contributed by atoms with Gasteiger partial charge < -0.3 is 5.32 Å². The molecule has 1 heteroatoms. The monoisotopic (exact) mass is 217 g/mol. The Morgan fingerprint density at radius 2 is 1.81 bits per heavy atom. The standard InChI is InChI=1S/C15H23N/c1-13(14-8-6-5-7-9-14)12-16-11-10-15(2,3)4/h5-9,16H,1,10-12H2,2-4H3. The Balaban J connectivity index is 2.27. The Bertz CT molecular complexity index is 319. The molecule has 0 aliphatic heterocycles. The summed E-state index contributed by atoms with van der Waals surface area (Å²) in [5.41, 5.74) is 2.79. The predicted octanol–water partition coefficient (Wildman–Crippen LogP) is 3.73. The lowest BCUT2D eigenvalue weighted by Gasteiger charge is -2.18. The Morgan fingerprint density at radius 1 is 1.19 bits per heavy atom. The Labute approximate surface area is 99.6 Å². The average molecular weight is 217 g/mol. The fraction of sp³-hybridized carbons (Fsp3) is 0.467. The average Bonchev–Trinajstić information content (AvgIpc) is 2.24. The first-order valence-corrected chi connectivity index (χ1v) is 5.93. The molecule has 0 aliphatic carbocycles. The molecule has 0 atom stereocenters. The van der Waals surface area contributed by atoms with Crippen molar-refractivity contribution in [1.29, 1.82) is 0 Å². The second kappa shape index (κ2) is 5.86. The van der Waals surface area contributed by atoms with Crippen LogP contribution >= 0.6 is 0 Å². The van der Waals surface area contributed by atoms with Gasteiger partial charge in [-0.25, -0.2) is 0 Å². The second-order valence-electron chi connectivity index (χ2n) is 5.46. The zero-order chi connectivity index (χ0) is 12.0. The molecule has 1 N–H and O–H groups in total. The van der Waals surface area contributed by atoms with E-state index in [1.807, 2.05) is 6.07 Å². The highest BCUT2D eigenvalue weighted by Crippen LogP contribution is 2.17. The largest absolute Gasteiger partial charge is 0.313 e. The molecule has 0 aliphatic rings. The minimum atomic E-state index is 0.404. The molecule has 1 nitrogen and oxygen atoms in total. The van der Waals surface area contributed by atoms with E-state index in [1.165, 1.54) is 12.0 Å². The lowest BCUT2D eigenvalue weighted by atomic mass is 9.92. The molecule has 88 valence electrons. The van der Waals surface area contributed by atoms with Crippen LogP contribution in [-0.4, -0.2) is 13.1 Å². The molecule has 0 unspecified atom stereocenters. The van der Waals surface area contributed by atoms with Crippen molar-refractivity contribution in [1.82, 2.24) is 5.32 Å². The molecule has 0 bridgehead atoms. The third kappa shape index (κ3) is 5.13. The maximum absolute atomic E-state index is 4.10. The summed E-state index contributed by atoms with van der Waals surface area (Å²) in [5.74, 6) is 0. The lowest BCUT2D eigenvalue weighted by Crippen LogP contribution is -2.22. The van der Waals surface area contributed by atoms with Gasteiger partial charge in [-0.1, -0.05) is 57.7 Å². The highest BCUT2D eigenvalue weighted by molar-refractivity contribution is 5.64. The SMILES string of the molecule is C=C(CNCCC(C)(C)C)c1ccccc1. The Kier molecular flexibility index (Phi) is 4.75. The van der Waals surface area contributed by atoms with Gasteiger partial charge in [0.25, 0.3) is 0 Å². The summed E-state index contributed by atoms with van der Waals surface area (Å²) in [6.45, 7) is 12.8. The molecular weight excluding hydrogens is 194 g/mol. The van der Waals surface area contributed by atoms with Crippen molar-refractivity contribution in [2.75, 3.05) is 13.1 Å². The van der Waals surface area contributed by atoms with Crippen LogP contribution < -0.4 is 5.32 Å². The molecule has 1 rings (SSSR count). The van der Waals surface area contributed by atoms with E-state index in [4.69, 9.17) is 0 Å². The summed E-state index contributed by atoms with van der Waals surface area (Å²) < 4.78 is 0. The van der Waals surface area contributed by atoms with E-state index in [0.717, 1.165) is 18.7 Å². The van der Waals surface area contributed by atoms with Gasteiger partial charge in [-0.15, -0.1) is 0 Å². The van der Waals surface area contributed by atoms with Crippen LogP contribution in [0.15, 0.2) is 36.9 Å². The number of hydrogen-bond acceptors (Lipinski definition) is 1. The van der Waals surface area contributed by atoms with Gasteiger partial charge in [-0.3, -0.25) is 0 Å². The maximum atomic E-state index is 4.10. The third-order valence-electron chi connectivity index (χ3n) is 2.57. The molecule has 0 amide bonds. The maximum Gasteiger partial charge on any atom is 0.0205 e. The van der Waals surface area contributed by atoms with Crippen molar-refractivity contribution in [3.05, 3.63) is 42.5 Å². The van der Waals surface area contributed by atoms with E-state index in [2.05, 4.69) is 56.9 Å². The number of rotatable bonds is 5. The third-order valence-corrected chi connectivity index (χ3v) is 2.57. The zero-order valence-corrected chi connectivity index (χ0v) is 10.7. The van der Waals surface area contributed by atoms with Gasteiger partial charge in [0.05, 0.1) is 0 Å². The van der Waals surface area contributed by atoms with Gasteiger partial charge in [0.1, 0.15) is 0 Å². The summed E-state index contributed by atoms with van der Waals surface area (Å²) in [6.07, 6.45) is 1.19. The quantitative estimate of drug-likeness (QED) is 0.741. The van der Waals surface area contributed by atoms with Crippen LogP contribution in [0.25, 0.3) is 5.57 Å². The molecule has 1 aromatic rings. The van der Waals surface area contributed by atoms with E-state index in [0.29, 0.717) is 5.41 Å². The minimum Gasteiger partial charge on any atom is -0.313 e. The highest BCUT2D eigenvalue weighted by atomic mass is 14.8. The van der Waals surface area contributed by atoms with Gasteiger partial charge in [0.2, 0.25) is 0 Å². The van der Waals surface area contributed by atoms with Crippen LogP contribution in [-0.2, 0) is 0 Å². The first-order valence-electron chi connectivity index (χ1n) is 5.93. The first-order chi connectivity index (χ1) is 7.49. The highest BCUT2D eigenvalue weighted by Gasteiger charge is 2.08. The van der Waals surface area contributed by atoms with Crippen LogP contribution in [0, 0.1) is 5.41 Å². The molecule has 0 saturated carbocycles. The second-order valence-corrected chi connectivity index (χ2v) is 5.46. The fourth-order valence-corrected chi connectivity index (χ4v) is 1.48. The van der Waals surface area contributed by atoms with Gasteiger partial charge >= 0.3 is 0 Å². The van der Waals surface area contributed by atoms with E-state index in [1.54, 1.807) is 0 Å². The zero-order valence-electron chi connectivity index (χ0n) is 10.7.